The highest BCUT2D eigenvalue weighted by molar-refractivity contribution is 7.86. The van der Waals surface area contributed by atoms with Gasteiger partial charge in [-0.25, -0.2) is 0 Å². The molecule has 1 aliphatic carbocycles. The first-order valence-electron chi connectivity index (χ1n) is 7.15. The van der Waals surface area contributed by atoms with Gasteiger partial charge in [0, 0.05) is 11.8 Å². The summed E-state index contributed by atoms with van der Waals surface area (Å²) in [6.07, 6.45) is 3.93. The van der Waals surface area contributed by atoms with Gasteiger partial charge in [0.2, 0.25) is 0 Å². The van der Waals surface area contributed by atoms with Gasteiger partial charge in [0.25, 0.3) is 20.2 Å². The van der Waals surface area contributed by atoms with Crippen LogP contribution in [0, 0.1) is 22.7 Å². The molecule has 0 unspecified atom stereocenters. The van der Waals surface area contributed by atoms with Crippen LogP contribution >= 0.6 is 0 Å². The second-order valence-electron chi connectivity index (χ2n) is 6.14. The molecule has 0 bridgehead atoms. The molecule has 0 aromatic carbocycles. The predicted molar refractivity (Wildman–Crippen MR) is 90.6 cm³/mol. The molecule has 1 aliphatic rings. The van der Waals surface area contributed by atoms with Gasteiger partial charge in [-0.2, -0.15) is 22.1 Å². The maximum Gasteiger partial charge on any atom is 0.320 e. The molecular formula is C13H26N2O8S2. The Balaban J connectivity index is 0. The van der Waals surface area contributed by atoms with Crippen LogP contribution in [0.25, 0.3) is 0 Å². The zero-order valence-corrected chi connectivity index (χ0v) is 16.3. The molecule has 12 heteroatoms. The fourth-order valence-corrected chi connectivity index (χ4v) is 1.70. The lowest BCUT2D eigenvalue weighted by Crippen LogP contribution is -2.34. The molecule has 0 amide bonds. The van der Waals surface area contributed by atoms with E-state index in [1.807, 2.05) is 6.07 Å². The van der Waals surface area contributed by atoms with Gasteiger partial charge in [0.05, 0.1) is 25.2 Å². The van der Waals surface area contributed by atoms with Crippen LogP contribution in [-0.4, -0.2) is 57.6 Å². The molecule has 0 aliphatic heterocycles. The number of hydrogen-bond donors (Lipinski definition) is 3. The Bertz CT molecular complexity index is 653. The number of nitrogens with zero attached hydrogens (tertiary/aromatic N) is 1. The van der Waals surface area contributed by atoms with Crippen LogP contribution in [-0.2, 0) is 29.2 Å². The summed E-state index contributed by atoms with van der Waals surface area (Å²) < 4.78 is 51.7. The molecule has 0 radical (unpaired) electrons. The Morgan fingerprint density at radius 1 is 1.28 bits per heavy atom. The molecule has 1 rings (SSSR count). The van der Waals surface area contributed by atoms with Crippen molar-refractivity contribution in [2.75, 3.05) is 19.1 Å². The van der Waals surface area contributed by atoms with Crippen molar-refractivity contribution < 1.29 is 35.5 Å². The van der Waals surface area contributed by atoms with E-state index in [1.165, 1.54) is 0 Å². The normalized spacial score (nSPS) is 16.4. The molecular weight excluding hydrogens is 376 g/mol. The van der Waals surface area contributed by atoms with Gasteiger partial charge < -0.3 is 10.8 Å². The molecule has 0 aromatic rings. The Kier molecular flexibility index (Phi) is 11.1. The van der Waals surface area contributed by atoms with Crippen molar-refractivity contribution >= 4 is 26.2 Å². The minimum atomic E-state index is -3.67. The SMILES string of the molecule is CC(C)[C@H](N)C(=O)O.CS(=O)(=O)O.CS(=O)(=O)OCC1(CC#N)CC1. The highest BCUT2D eigenvalue weighted by Gasteiger charge is 2.43. The van der Waals surface area contributed by atoms with Crippen molar-refractivity contribution in [3.8, 4) is 6.07 Å². The van der Waals surface area contributed by atoms with E-state index in [0.29, 0.717) is 12.7 Å². The van der Waals surface area contributed by atoms with Gasteiger partial charge in [0.15, 0.2) is 0 Å². The summed E-state index contributed by atoms with van der Waals surface area (Å²) in [4.78, 5) is 10.0. The summed E-state index contributed by atoms with van der Waals surface area (Å²) in [6, 6.07) is 1.32. The number of nitrogens with two attached hydrogens (primary N) is 1. The summed E-state index contributed by atoms with van der Waals surface area (Å²) in [6.45, 7) is 3.72. The van der Waals surface area contributed by atoms with Gasteiger partial charge in [0.1, 0.15) is 6.04 Å². The van der Waals surface area contributed by atoms with E-state index >= 15 is 0 Å². The molecule has 0 spiro atoms. The van der Waals surface area contributed by atoms with Gasteiger partial charge in [-0.3, -0.25) is 13.5 Å². The minimum Gasteiger partial charge on any atom is -0.480 e. The summed E-state index contributed by atoms with van der Waals surface area (Å²) in [7, 11) is -7.01. The van der Waals surface area contributed by atoms with Crippen molar-refractivity contribution in [2.45, 2.75) is 39.2 Å². The van der Waals surface area contributed by atoms with E-state index in [9.17, 15) is 21.6 Å². The lowest BCUT2D eigenvalue weighted by molar-refractivity contribution is -0.139. The van der Waals surface area contributed by atoms with E-state index in [2.05, 4.69) is 4.18 Å². The number of carboxylic acids is 1. The van der Waals surface area contributed by atoms with Crippen LogP contribution in [0.3, 0.4) is 0 Å². The largest absolute Gasteiger partial charge is 0.480 e. The van der Waals surface area contributed by atoms with Gasteiger partial charge in [-0.1, -0.05) is 13.8 Å². The van der Waals surface area contributed by atoms with Gasteiger partial charge in [-0.15, -0.1) is 0 Å². The van der Waals surface area contributed by atoms with E-state index < -0.39 is 32.2 Å². The lowest BCUT2D eigenvalue weighted by Gasteiger charge is -2.08. The first kappa shape index (κ1) is 26.0. The fraction of sp³-hybridized carbons (Fsp3) is 0.846. The molecule has 0 saturated heterocycles. The number of carbonyl (C=O) groups is 1. The highest BCUT2D eigenvalue weighted by atomic mass is 32.2. The topological polar surface area (TPSA) is 185 Å². The summed E-state index contributed by atoms with van der Waals surface area (Å²) in [5, 5.41) is 16.6. The standard InChI is InChI=1S/C7H11NO3S.C5H11NO2.CH4O3S/c1-12(9,10)11-6-7(2-3-7)4-5-8;1-3(2)4(6)5(7)8;1-5(2,3)4/h2-4,6H2,1H3;3-4H,6H2,1-2H3,(H,7,8);1H3,(H,2,3,4)/t;4-;/m.0./s1. The number of nitriles is 1. The maximum absolute atomic E-state index is 10.6. The first-order chi connectivity index (χ1) is 11.0. The minimum absolute atomic E-state index is 0.0208. The number of rotatable bonds is 6. The number of hydrogen-bond acceptors (Lipinski definition) is 8. The molecule has 10 nitrogen and oxygen atoms in total. The monoisotopic (exact) mass is 402 g/mol. The third-order valence-electron chi connectivity index (χ3n) is 2.99. The Hall–Kier alpha value is -1.26. The number of carboxylic acid groups (broad SMARTS) is 1. The van der Waals surface area contributed by atoms with Crippen molar-refractivity contribution in [1.82, 2.24) is 0 Å². The summed E-state index contributed by atoms with van der Waals surface area (Å²) in [5.74, 6) is -0.910. The number of aliphatic carboxylic acids is 1. The zero-order chi connectivity index (χ0) is 20.5. The smallest absolute Gasteiger partial charge is 0.320 e. The maximum atomic E-state index is 10.6. The zero-order valence-electron chi connectivity index (χ0n) is 14.7. The van der Waals surface area contributed by atoms with Crippen LogP contribution in [0.15, 0.2) is 0 Å². The van der Waals surface area contributed by atoms with Crippen LogP contribution in [0.5, 0.6) is 0 Å². The van der Waals surface area contributed by atoms with E-state index in [-0.39, 0.29) is 17.9 Å². The molecule has 0 heterocycles. The lowest BCUT2D eigenvalue weighted by atomic mass is 10.1. The van der Waals surface area contributed by atoms with Crippen LogP contribution in [0.1, 0.15) is 33.1 Å². The van der Waals surface area contributed by atoms with Crippen molar-refractivity contribution in [2.24, 2.45) is 17.1 Å². The highest BCUT2D eigenvalue weighted by Crippen LogP contribution is 2.48. The fourth-order valence-electron chi connectivity index (χ4n) is 1.23. The average molecular weight is 402 g/mol. The van der Waals surface area contributed by atoms with Crippen LogP contribution < -0.4 is 5.73 Å². The summed E-state index contributed by atoms with van der Waals surface area (Å²) >= 11 is 0. The Morgan fingerprint density at radius 2 is 1.68 bits per heavy atom. The average Bonchev–Trinajstić information content (AvgIpc) is 3.14. The first-order valence-corrected chi connectivity index (χ1v) is 10.8. The van der Waals surface area contributed by atoms with Crippen LogP contribution in [0.2, 0.25) is 0 Å². The molecule has 148 valence electrons. The molecule has 1 fully saturated rings. The van der Waals surface area contributed by atoms with Crippen LogP contribution in [0.4, 0.5) is 0 Å². The van der Waals surface area contributed by atoms with Gasteiger partial charge >= 0.3 is 5.97 Å². The molecule has 0 aromatic heterocycles. The second kappa shape index (κ2) is 10.7. The summed E-state index contributed by atoms with van der Waals surface area (Å²) in [5.41, 5.74) is 5.00. The van der Waals surface area contributed by atoms with E-state index in [1.54, 1.807) is 13.8 Å². The third kappa shape index (κ3) is 18.9. The molecule has 25 heavy (non-hydrogen) atoms. The Labute approximate surface area is 148 Å². The third-order valence-corrected chi connectivity index (χ3v) is 3.54. The second-order valence-corrected chi connectivity index (χ2v) is 9.25. The quantitative estimate of drug-likeness (QED) is 0.409. The van der Waals surface area contributed by atoms with Crippen molar-refractivity contribution in [3.63, 3.8) is 0 Å². The predicted octanol–water partition coefficient (Wildman–Crippen LogP) is 0.215. The van der Waals surface area contributed by atoms with Crippen molar-refractivity contribution in [3.05, 3.63) is 0 Å². The van der Waals surface area contributed by atoms with Crippen molar-refractivity contribution in [1.29, 1.82) is 5.26 Å². The van der Waals surface area contributed by atoms with E-state index in [4.69, 9.17) is 20.7 Å². The molecule has 1 saturated carbocycles. The molecule has 4 N–H and O–H groups in total. The Morgan fingerprint density at radius 3 is 1.84 bits per heavy atom. The van der Waals surface area contributed by atoms with Gasteiger partial charge in [-0.05, 0) is 18.8 Å². The molecule has 1 atom stereocenters. The van der Waals surface area contributed by atoms with E-state index in [0.717, 1.165) is 19.1 Å².